The van der Waals surface area contributed by atoms with Gasteiger partial charge in [-0.1, -0.05) is 25.1 Å². The smallest absolute Gasteiger partial charge is 0.350 e. The van der Waals surface area contributed by atoms with E-state index in [-0.39, 0.29) is 9.77 Å². The number of amides is 1. The third kappa shape index (κ3) is 4.43. The van der Waals surface area contributed by atoms with Crippen molar-refractivity contribution in [2.24, 2.45) is 0 Å². The van der Waals surface area contributed by atoms with Crippen LogP contribution in [0.15, 0.2) is 40.6 Å². The van der Waals surface area contributed by atoms with Gasteiger partial charge in [-0.15, -0.1) is 11.3 Å². The number of ether oxygens (including phenoxy) is 1. The summed E-state index contributed by atoms with van der Waals surface area (Å²) in [5.74, 6) is -1.29. The van der Waals surface area contributed by atoms with Crippen LogP contribution >= 0.6 is 11.3 Å². The molecule has 1 fully saturated rings. The van der Waals surface area contributed by atoms with Crippen molar-refractivity contribution in [1.82, 2.24) is 4.31 Å². The van der Waals surface area contributed by atoms with Gasteiger partial charge in [-0.3, -0.25) is 4.79 Å². The van der Waals surface area contributed by atoms with E-state index in [1.807, 2.05) is 25.1 Å². The van der Waals surface area contributed by atoms with Crippen molar-refractivity contribution < 1.29 is 22.7 Å². The summed E-state index contributed by atoms with van der Waals surface area (Å²) in [5.41, 5.74) is 1.64. The Balaban J connectivity index is 1.64. The highest BCUT2D eigenvalue weighted by molar-refractivity contribution is 7.89. The quantitative estimate of drug-likeness (QED) is 0.693. The lowest BCUT2D eigenvalue weighted by Crippen LogP contribution is -2.29. The van der Waals surface area contributed by atoms with E-state index in [9.17, 15) is 18.0 Å². The first-order valence-electron chi connectivity index (χ1n) is 9.06. The zero-order valence-electron chi connectivity index (χ0n) is 15.5. The average Bonchev–Trinajstić information content (AvgIpc) is 3.38. The van der Waals surface area contributed by atoms with Crippen molar-refractivity contribution in [2.75, 3.05) is 25.0 Å². The molecule has 0 spiro atoms. The van der Waals surface area contributed by atoms with Crippen LogP contribution in [0.2, 0.25) is 0 Å². The zero-order valence-corrected chi connectivity index (χ0v) is 17.1. The van der Waals surface area contributed by atoms with Crippen LogP contribution < -0.4 is 5.32 Å². The van der Waals surface area contributed by atoms with Crippen LogP contribution in [0.1, 0.15) is 35.0 Å². The van der Waals surface area contributed by atoms with Crippen molar-refractivity contribution >= 4 is 38.9 Å². The molecule has 1 saturated heterocycles. The first-order valence-corrected chi connectivity index (χ1v) is 11.4. The van der Waals surface area contributed by atoms with E-state index in [2.05, 4.69) is 5.32 Å². The molecular formula is C19H22N2O5S2. The van der Waals surface area contributed by atoms with Gasteiger partial charge in [0.05, 0.1) is 0 Å². The van der Waals surface area contributed by atoms with Gasteiger partial charge in [0.1, 0.15) is 9.77 Å². The van der Waals surface area contributed by atoms with E-state index >= 15 is 0 Å². The summed E-state index contributed by atoms with van der Waals surface area (Å²) in [6.45, 7) is 2.39. The Morgan fingerprint density at radius 2 is 1.89 bits per heavy atom. The molecule has 2 heterocycles. The highest BCUT2D eigenvalue weighted by Crippen LogP contribution is 2.28. The van der Waals surface area contributed by atoms with Crippen LogP contribution in [0.4, 0.5) is 5.69 Å². The number of anilines is 1. The monoisotopic (exact) mass is 422 g/mol. The van der Waals surface area contributed by atoms with Gasteiger partial charge < -0.3 is 10.1 Å². The number of carbonyl (C=O) groups is 2. The fraction of sp³-hybridized carbons (Fsp3) is 0.368. The van der Waals surface area contributed by atoms with Crippen LogP contribution in [0, 0.1) is 0 Å². The molecule has 0 atom stereocenters. The second kappa shape index (κ2) is 8.85. The summed E-state index contributed by atoms with van der Waals surface area (Å²) in [5, 5.41) is 4.25. The van der Waals surface area contributed by atoms with Gasteiger partial charge in [-0.2, -0.15) is 4.31 Å². The Kier molecular flexibility index (Phi) is 6.48. The lowest BCUT2D eigenvalue weighted by Gasteiger charge is -2.15. The molecule has 9 heteroatoms. The van der Waals surface area contributed by atoms with Crippen LogP contribution in [-0.4, -0.2) is 44.3 Å². The third-order valence-electron chi connectivity index (χ3n) is 4.50. The third-order valence-corrected chi connectivity index (χ3v) is 7.47. The van der Waals surface area contributed by atoms with E-state index in [0.717, 1.165) is 36.2 Å². The van der Waals surface area contributed by atoms with Crippen LogP contribution in [-0.2, 0) is 26.0 Å². The number of aryl methyl sites for hydroxylation is 1. The number of benzene rings is 1. The number of thiophene rings is 1. The lowest BCUT2D eigenvalue weighted by atomic mass is 10.1. The topological polar surface area (TPSA) is 92.8 Å². The number of hydrogen-bond donors (Lipinski definition) is 1. The van der Waals surface area contributed by atoms with E-state index in [0.29, 0.717) is 18.8 Å². The van der Waals surface area contributed by atoms with Crippen molar-refractivity contribution in [3.8, 4) is 0 Å². The molecule has 150 valence electrons. The molecule has 0 unspecified atom stereocenters. The molecule has 1 aromatic carbocycles. The van der Waals surface area contributed by atoms with Crippen molar-refractivity contribution in [3.05, 3.63) is 46.2 Å². The molecule has 0 bridgehead atoms. The number of sulfonamides is 1. The normalized spacial score (nSPS) is 14.8. The van der Waals surface area contributed by atoms with E-state index < -0.39 is 28.5 Å². The maximum Gasteiger partial charge on any atom is 0.350 e. The molecule has 1 N–H and O–H groups in total. The summed E-state index contributed by atoms with van der Waals surface area (Å²) in [6.07, 6.45) is 2.37. The highest BCUT2D eigenvalue weighted by Gasteiger charge is 2.32. The fourth-order valence-corrected chi connectivity index (χ4v) is 5.85. The van der Waals surface area contributed by atoms with Gasteiger partial charge in [0, 0.05) is 18.8 Å². The first kappa shape index (κ1) is 20.5. The van der Waals surface area contributed by atoms with Gasteiger partial charge in [0.15, 0.2) is 6.61 Å². The van der Waals surface area contributed by atoms with Gasteiger partial charge in [-0.25, -0.2) is 13.2 Å². The van der Waals surface area contributed by atoms with Gasteiger partial charge in [0.2, 0.25) is 10.0 Å². The summed E-state index contributed by atoms with van der Waals surface area (Å²) >= 11 is 0.993. The van der Waals surface area contributed by atoms with E-state index in [4.69, 9.17) is 4.74 Å². The molecule has 7 nitrogen and oxygen atoms in total. The lowest BCUT2D eigenvalue weighted by molar-refractivity contribution is -0.119. The van der Waals surface area contributed by atoms with E-state index in [1.54, 1.807) is 6.07 Å². The number of nitrogens with zero attached hydrogens (tertiary/aromatic N) is 1. The molecule has 1 amide bonds. The molecule has 28 heavy (non-hydrogen) atoms. The van der Waals surface area contributed by atoms with Crippen molar-refractivity contribution in [2.45, 2.75) is 31.1 Å². The Morgan fingerprint density at radius 1 is 1.18 bits per heavy atom. The predicted molar refractivity (Wildman–Crippen MR) is 107 cm³/mol. The molecule has 0 radical (unpaired) electrons. The SMILES string of the molecule is CCc1ccccc1NC(=O)COC(=O)c1sccc1S(=O)(=O)N1CCCC1. The molecule has 1 aliphatic heterocycles. The summed E-state index contributed by atoms with van der Waals surface area (Å²) in [4.78, 5) is 24.5. The minimum atomic E-state index is -3.72. The van der Waals surface area contributed by atoms with Crippen molar-refractivity contribution in [3.63, 3.8) is 0 Å². The zero-order chi connectivity index (χ0) is 20.1. The van der Waals surface area contributed by atoms with Crippen LogP contribution in [0.3, 0.4) is 0 Å². The van der Waals surface area contributed by atoms with Crippen LogP contribution in [0.25, 0.3) is 0 Å². The number of esters is 1. The molecule has 3 rings (SSSR count). The molecular weight excluding hydrogens is 400 g/mol. The van der Waals surface area contributed by atoms with Gasteiger partial charge in [-0.05, 0) is 42.3 Å². The Bertz CT molecular complexity index is 962. The van der Waals surface area contributed by atoms with E-state index in [1.165, 1.54) is 15.8 Å². The summed E-state index contributed by atoms with van der Waals surface area (Å²) in [6, 6.07) is 8.78. The molecule has 1 aromatic heterocycles. The first-order chi connectivity index (χ1) is 13.4. The Hall–Kier alpha value is -2.23. The molecule has 1 aliphatic rings. The minimum Gasteiger partial charge on any atom is -0.451 e. The van der Waals surface area contributed by atoms with Gasteiger partial charge >= 0.3 is 5.97 Å². The molecule has 0 saturated carbocycles. The average molecular weight is 423 g/mol. The molecule has 2 aromatic rings. The van der Waals surface area contributed by atoms with Crippen LogP contribution in [0.5, 0.6) is 0 Å². The Morgan fingerprint density at radius 3 is 2.61 bits per heavy atom. The number of para-hydroxylation sites is 1. The predicted octanol–water partition coefficient (Wildman–Crippen LogP) is 2.89. The summed E-state index contributed by atoms with van der Waals surface area (Å²) in [7, 11) is -3.72. The molecule has 0 aliphatic carbocycles. The summed E-state index contributed by atoms with van der Waals surface area (Å²) < 4.78 is 31.9. The second-order valence-corrected chi connectivity index (χ2v) is 9.18. The second-order valence-electron chi connectivity index (χ2n) is 6.36. The Labute approximate surface area is 168 Å². The maximum atomic E-state index is 12.7. The standard InChI is InChI=1S/C19H22N2O5S2/c1-2-14-7-3-4-8-15(14)20-17(22)13-26-19(23)18-16(9-12-27-18)28(24,25)21-10-5-6-11-21/h3-4,7-9,12H,2,5-6,10-11,13H2,1H3,(H,20,22). The number of hydrogen-bond acceptors (Lipinski definition) is 6. The van der Waals surface area contributed by atoms with Gasteiger partial charge in [0.25, 0.3) is 5.91 Å². The van der Waals surface area contributed by atoms with Crippen molar-refractivity contribution in [1.29, 1.82) is 0 Å². The highest BCUT2D eigenvalue weighted by atomic mass is 32.2. The maximum absolute atomic E-state index is 12.7. The fourth-order valence-electron chi connectivity index (χ4n) is 3.05. The minimum absolute atomic E-state index is 0.00587. The number of rotatable bonds is 7. The number of nitrogens with one attached hydrogen (secondary N) is 1. The number of carbonyl (C=O) groups excluding carboxylic acids is 2. The largest absolute Gasteiger partial charge is 0.451 e.